The lowest BCUT2D eigenvalue weighted by Crippen LogP contribution is -2.43. The molecule has 28 heavy (non-hydrogen) atoms. The van der Waals surface area contributed by atoms with Crippen molar-refractivity contribution in [2.24, 2.45) is 0 Å². The number of amides is 1. The zero-order chi connectivity index (χ0) is 20.5. The molecule has 0 spiro atoms. The lowest BCUT2D eigenvalue weighted by atomic mass is 10.1. The van der Waals surface area contributed by atoms with Gasteiger partial charge in [-0.25, -0.2) is 13.2 Å². The van der Waals surface area contributed by atoms with Gasteiger partial charge in [-0.15, -0.1) is 11.3 Å². The van der Waals surface area contributed by atoms with Crippen LogP contribution in [0, 0.1) is 13.8 Å². The number of esters is 1. The minimum absolute atomic E-state index is 0.244. The fourth-order valence-corrected chi connectivity index (χ4v) is 6.24. The number of benzene rings is 1. The molecule has 0 bridgehead atoms. The number of nitrogens with zero attached hydrogens (tertiary/aromatic N) is 1. The number of hydrogen-bond donors (Lipinski definition) is 1. The van der Waals surface area contributed by atoms with Crippen molar-refractivity contribution in [1.82, 2.24) is 4.31 Å². The molecule has 2 heterocycles. The van der Waals surface area contributed by atoms with Crippen LogP contribution in [0.3, 0.4) is 0 Å². The Bertz CT molecular complexity index is 1010. The van der Waals surface area contributed by atoms with E-state index >= 15 is 0 Å². The van der Waals surface area contributed by atoms with E-state index in [1.54, 1.807) is 31.2 Å². The van der Waals surface area contributed by atoms with Crippen LogP contribution in [0.4, 0.5) is 5.69 Å². The number of nitrogens with one attached hydrogen (secondary N) is 1. The van der Waals surface area contributed by atoms with Crippen molar-refractivity contribution in [1.29, 1.82) is 0 Å². The molecule has 150 valence electrons. The van der Waals surface area contributed by atoms with Crippen molar-refractivity contribution in [3.63, 3.8) is 0 Å². The molecule has 2 aromatic rings. The first-order chi connectivity index (χ1) is 13.2. The van der Waals surface area contributed by atoms with Crippen LogP contribution in [0.2, 0.25) is 0 Å². The highest BCUT2D eigenvalue weighted by Crippen LogP contribution is 2.31. The normalized spacial score (nSPS) is 17.5. The Labute approximate surface area is 168 Å². The number of sulfonamides is 1. The molecule has 7 nitrogen and oxygen atoms in total. The van der Waals surface area contributed by atoms with E-state index in [0.717, 1.165) is 10.4 Å². The summed E-state index contributed by atoms with van der Waals surface area (Å²) in [6.07, 6.45) is 1.06. The van der Waals surface area contributed by atoms with Crippen molar-refractivity contribution in [2.45, 2.75) is 36.9 Å². The van der Waals surface area contributed by atoms with Crippen LogP contribution in [0.25, 0.3) is 0 Å². The summed E-state index contributed by atoms with van der Waals surface area (Å²) in [6, 6.07) is 7.40. The molecule has 1 amide bonds. The highest BCUT2D eigenvalue weighted by Gasteiger charge is 2.40. The molecule has 0 aliphatic carbocycles. The second-order valence-electron chi connectivity index (χ2n) is 6.65. The second kappa shape index (κ2) is 8.02. The maximum absolute atomic E-state index is 13.0. The Balaban J connectivity index is 1.83. The summed E-state index contributed by atoms with van der Waals surface area (Å²) in [5.41, 5.74) is 1.54. The smallest absolute Gasteiger partial charge is 0.337 e. The minimum Gasteiger partial charge on any atom is -0.465 e. The van der Waals surface area contributed by atoms with E-state index in [-0.39, 0.29) is 4.21 Å². The Morgan fingerprint density at radius 1 is 1.21 bits per heavy atom. The lowest BCUT2D eigenvalue weighted by Gasteiger charge is -2.23. The van der Waals surface area contributed by atoms with E-state index in [2.05, 4.69) is 5.32 Å². The number of ether oxygens (including phenoxy) is 1. The fraction of sp³-hybridized carbons (Fsp3) is 0.368. The third-order valence-corrected chi connectivity index (χ3v) is 8.08. The molecular weight excluding hydrogens is 400 g/mol. The van der Waals surface area contributed by atoms with Crippen LogP contribution in [0.1, 0.15) is 33.6 Å². The summed E-state index contributed by atoms with van der Waals surface area (Å²) in [7, 11) is -2.44. The molecule has 1 saturated heterocycles. The zero-order valence-electron chi connectivity index (χ0n) is 15.9. The zero-order valence-corrected chi connectivity index (χ0v) is 17.5. The fourth-order valence-electron chi connectivity index (χ4n) is 3.17. The van der Waals surface area contributed by atoms with Crippen molar-refractivity contribution < 1.29 is 22.7 Å². The molecule has 3 rings (SSSR count). The first-order valence-electron chi connectivity index (χ1n) is 8.82. The van der Waals surface area contributed by atoms with E-state index in [1.807, 2.05) is 6.92 Å². The van der Waals surface area contributed by atoms with Gasteiger partial charge in [0.2, 0.25) is 5.91 Å². The average Bonchev–Trinajstić information content (AvgIpc) is 3.32. The largest absolute Gasteiger partial charge is 0.465 e. The topological polar surface area (TPSA) is 92.8 Å². The minimum atomic E-state index is -3.72. The predicted molar refractivity (Wildman–Crippen MR) is 107 cm³/mol. The number of carbonyl (C=O) groups is 2. The number of carbonyl (C=O) groups excluding carboxylic acids is 2. The van der Waals surface area contributed by atoms with Crippen molar-refractivity contribution in [2.75, 3.05) is 19.0 Å². The van der Waals surface area contributed by atoms with Crippen LogP contribution >= 0.6 is 11.3 Å². The van der Waals surface area contributed by atoms with Gasteiger partial charge < -0.3 is 10.1 Å². The summed E-state index contributed by atoms with van der Waals surface area (Å²) >= 11 is 1.20. The molecule has 0 radical (unpaired) electrons. The average molecular weight is 423 g/mol. The van der Waals surface area contributed by atoms with Crippen LogP contribution in [0.15, 0.2) is 34.5 Å². The summed E-state index contributed by atoms with van der Waals surface area (Å²) < 4.78 is 32.1. The lowest BCUT2D eigenvalue weighted by molar-refractivity contribution is -0.119. The van der Waals surface area contributed by atoms with Crippen molar-refractivity contribution >= 4 is 38.9 Å². The summed E-state index contributed by atoms with van der Waals surface area (Å²) in [5, 5.41) is 2.78. The summed E-state index contributed by atoms with van der Waals surface area (Å²) in [4.78, 5) is 25.5. The molecule has 0 saturated carbocycles. The number of hydrogen-bond acceptors (Lipinski definition) is 6. The van der Waals surface area contributed by atoms with Crippen LogP contribution < -0.4 is 5.32 Å². The number of aryl methyl sites for hydroxylation is 2. The molecule has 1 fully saturated rings. The van der Waals surface area contributed by atoms with Crippen LogP contribution in [-0.2, 0) is 19.6 Å². The van der Waals surface area contributed by atoms with Crippen LogP contribution in [-0.4, -0.2) is 44.3 Å². The molecule has 1 aromatic heterocycles. The van der Waals surface area contributed by atoms with E-state index in [0.29, 0.717) is 30.6 Å². The summed E-state index contributed by atoms with van der Waals surface area (Å²) in [5.74, 6) is -0.909. The molecule has 1 unspecified atom stereocenters. The van der Waals surface area contributed by atoms with E-state index < -0.39 is 27.9 Å². The SMILES string of the molecule is COC(=O)c1ccc(C)c(NC(=O)C2CCCN2S(=O)(=O)c2ccc(C)s2)c1. The maximum atomic E-state index is 13.0. The Morgan fingerprint density at radius 3 is 2.61 bits per heavy atom. The first kappa shape index (κ1) is 20.5. The predicted octanol–water partition coefficient (Wildman–Crippen LogP) is 2.94. The molecule has 1 aliphatic heterocycles. The second-order valence-corrected chi connectivity index (χ2v) is 10.1. The molecule has 1 aromatic carbocycles. The number of rotatable bonds is 5. The maximum Gasteiger partial charge on any atom is 0.337 e. The Kier molecular flexibility index (Phi) is 5.87. The third kappa shape index (κ3) is 3.96. The van der Waals surface area contributed by atoms with Gasteiger partial charge in [0.25, 0.3) is 10.0 Å². The molecule has 1 atom stereocenters. The van der Waals surface area contributed by atoms with E-state index in [4.69, 9.17) is 4.74 Å². The van der Waals surface area contributed by atoms with Gasteiger partial charge in [-0.3, -0.25) is 4.79 Å². The van der Waals surface area contributed by atoms with Crippen molar-refractivity contribution in [3.05, 3.63) is 46.3 Å². The standard InChI is InChI=1S/C19H22N2O5S2/c1-12-6-8-14(19(23)26-3)11-15(12)20-18(22)16-5-4-10-21(16)28(24,25)17-9-7-13(2)27-17/h6-9,11,16H,4-5,10H2,1-3H3,(H,20,22). The molecule has 9 heteroatoms. The van der Waals surface area contributed by atoms with Gasteiger partial charge in [-0.05, 0) is 56.5 Å². The van der Waals surface area contributed by atoms with Gasteiger partial charge in [0, 0.05) is 17.1 Å². The van der Waals surface area contributed by atoms with Gasteiger partial charge in [0.1, 0.15) is 10.3 Å². The van der Waals surface area contributed by atoms with E-state index in [9.17, 15) is 18.0 Å². The quantitative estimate of drug-likeness (QED) is 0.748. The van der Waals surface area contributed by atoms with Gasteiger partial charge >= 0.3 is 5.97 Å². The molecule has 1 N–H and O–H groups in total. The van der Waals surface area contributed by atoms with Gasteiger partial charge in [-0.1, -0.05) is 6.07 Å². The van der Waals surface area contributed by atoms with Gasteiger partial charge in [0.15, 0.2) is 0 Å². The monoisotopic (exact) mass is 422 g/mol. The Morgan fingerprint density at radius 2 is 1.96 bits per heavy atom. The molecule has 1 aliphatic rings. The third-order valence-electron chi connectivity index (χ3n) is 4.70. The highest BCUT2D eigenvalue weighted by atomic mass is 32.2. The Hall–Kier alpha value is -2.23. The number of methoxy groups -OCH3 is 1. The van der Waals surface area contributed by atoms with Gasteiger partial charge in [0.05, 0.1) is 12.7 Å². The van der Waals surface area contributed by atoms with Crippen molar-refractivity contribution in [3.8, 4) is 0 Å². The summed E-state index contributed by atoms with van der Waals surface area (Å²) in [6.45, 7) is 3.95. The van der Waals surface area contributed by atoms with Gasteiger partial charge in [-0.2, -0.15) is 4.31 Å². The first-order valence-corrected chi connectivity index (χ1v) is 11.1. The highest BCUT2D eigenvalue weighted by molar-refractivity contribution is 7.91. The number of thiophene rings is 1. The van der Waals surface area contributed by atoms with E-state index in [1.165, 1.54) is 28.8 Å². The van der Waals surface area contributed by atoms with Crippen LogP contribution in [0.5, 0.6) is 0 Å². The number of anilines is 1. The molecular formula is C19H22N2O5S2.